The normalized spacial score (nSPS) is 29.9. The Morgan fingerprint density at radius 1 is 1.33 bits per heavy atom. The van der Waals surface area contributed by atoms with Gasteiger partial charge in [-0.25, -0.2) is 4.79 Å². The molecule has 106 valence electrons. The molecule has 1 rings (SSSR count). The zero-order chi connectivity index (χ0) is 13.5. The average molecular weight is 258 g/mol. The minimum atomic E-state index is -0.419. The Morgan fingerprint density at radius 2 is 1.94 bits per heavy atom. The lowest BCUT2D eigenvalue weighted by Gasteiger charge is -2.33. The summed E-state index contributed by atoms with van der Waals surface area (Å²) < 4.78 is 16.4. The quantitative estimate of drug-likeness (QED) is 0.687. The summed E-state index contributed by atoms with van der Waals surface area (Å²) in [6.45, 7) is 6.20. The molecule has 0 amide bonds. The van der Waals surface area contributed by atoms with Crippen LogP contribution in [0, 0.1) is 0 Å². The van der Waals surface area contributed by atoms with Crippen molar-refractivity contribution in [2.24, 2.45) is 0 Å². The van der Waals surface area contributed by atoms with E-state index in [4.69, 9.17) is 14.2 Å². The molecule has 0 N–H and O–H groups in total. The van der Waals surface area contributed by atoms with Gasteiger partial charge in [-0.1, -0.05) is 19.8 Å². The lowest BCUT2D eigenvalue weighted by atomic mass is 10.0. The highest BCUT2D eigenvalue weighted by atomic mass is 16.6. The summed E-state index contributed by atoms with van der Waals surface area (Å²) in [5, 5.41) is 0. The Balaban J connectivity index is 2.50. The SMILES string of the molecule is CCCCC(OC1CC(C)OC(C)C1)C(=O)OC. The highest BCUT2D eigenvalue weighted by molar-refractivity contribution is 5.74. The minimum absolute atomic E-state index is 0.102. The molecule has 0 spiro atoms. The molecule has 0 aromatic rings. The second-order valence-electron chi connectivity index (χ2n) is 5.14. The molecule has 4 nitrogen and oxygen atoms in total. The highest BCUT2D eigenvalue weighted by Gasteiger charge is 2.30. The van der Waals surface area contributed by atoms with Gasteiger partial charge in [-0.05, 0) is 33.1 Å². The van der Waals surface area contributed by atoms with Crippen molar-refractivity contribution in [3.8, 4) is 0 Å². The number of rotatable bonds is 6. The molecule has 0 radical (unpaired) electrons. The molecule has 1 heterocycles. The maximum absolute atomic E-state index is 11.7. The largest absolute Gasteiger partial charge is 0.467 e. The first-order valence-corrected chi connectivity index (χ1v) is 6.95. The summed E-state index contributed by atoms with van der Waals surface area (Å²) >= 11 is 0. The third-order valence-corrected chi connectivity index (χ3v) is 3.29. The monoisotopic (exact) mass is 258 g/mol. The zero-order valence-corrected chi connectivity index (χ0v) is 12.0. The van der Waals surface area contributed by atoms with E-state index in [0.717, 1.165) is 32.1 Å². The number of carbonyl (C=O) groups excluding carboxylic acids is 1. The van der Waals surface area contributed by atoms with Crippen molar-refractivity contribution >= 4 is 5.97 Å². The summed E-state index contributed by atoms with van der Waals surface area (Å²) in [6, 6.07) is 0. The van der Waals surface area contributed by atoms with Gasteiger partial charge in [-0.3, -0.25) is 0 Å². The second kappa shape index (κ2) is 7.74. The van der Waals surface area contributed by atoms with Crippen molar-refractivity contribution in [1.82, 2.24) is 0 Å². The van der Waals surface area contributed by atoms with E-state index in [0.29, 0.717) is 0 Å². The molecule has 1 aliphatic heterocycles. The number of esters is 1. The van der Waals surface area contributed by atoms with E-state index in [1.165, 1.54) is 7.11 Å². The maximum Gasteiger partial charge on any atom is 0.334 e. The number of carbonyl (C=O) groups is 1. The van der Waals surface area contributed by atoms with Crippen LogP contribution in [0.25, 0.3) is 0 Å². The van der Waals surface area contributed by atoms with E-state index >= 15 is 0 Å². The predicted octanol–water partition coefficient (Wildman–Crippen LogP) is 2.69. The van der Waals surface area contributed by atoms with Crippen molar-refractivity contribution in [3.63, 3.8) is 0 Å². The summed E-state index contributed by atoms with van der Waals surface area (Å²) in [5.74, 6) is -0.254. The second-order valence-corrected chi connectivity index (χ2v) is 5.14. The zero-order valence-electron chi connectivity index (χ0n) is 12.0. The van der Waals surface area contributed by atoms with Crippen molar-refractivity contribution in [2.45, 2.75) is 77.3 Å². The standard InChI is InChI=1S/C14H26O4/c1-5-6-7-13(14(15)16-4)18-12-8-10(2)17-11(3)9-12/h10-13H,5-9H2,1-4H3. The number of ether oxygens (including phenoxy) is 3. The van der Waals surface area contributed by atoms with E-state index in [1.54, 1.807) is 0 Å². The Labute approximate surface area is 110 Å². The van der Waals surface area contributed by atoms with E-state index in [2.05, 4.69) is 6.92 Å². The molecule has 1 saturated heterocycles. The minimum Gasteiger partial charge on any atom is -0.467 e. The lowest BCUT2D eigenvalue weighted by Crippen LogP contribution is -2.38. The van der Waals surface area contributed by atoms with Gasteiger partial charge in [0.1, 0.15) is 0 Å². The summed E-state index contributed by atoms with van der Waals surface area (Å²) in [4.78, 5) is 11.7. The van der Waals surface area contributed by atoms with Gasteiger partial charge in [0.25, 0.3) is 0 Å². The van der Waals surface area contributed by atoms with Crippen molar-refractivity contribution in [1.29, 1.82) is 0 Å². The van der Waals surface area contributed by atoms with Crippen LogP contribution in [-0.4, -0.2) is 37.5 Å². The average Bonchev–Trinajstić information content (AvgIpc) is 2.32. The van der Waals surface area contributed by atoms with Crippen molar-refractivity contribution < 1.29 is 19.0 Å². The smallest absolute Gasteiger partial charge is 0.334 e. The van der Waals surface area contributed by atoms with Crippen LogP contribution in [-0.2, 0) is 19.0 Å². The van der Waals surface area contributed by atoms with Gasteiger partial charge < -0.3 is 14.2 Å². The predicted molar refractivity (Wildman–Crippen MR) is 69.4 cm³/mol. The molecule has 0 saturated carbocycles. The molecular formula is C14H26O4. The maximum atomic E-state index is 11.7. The number of unbranched alkanes of at least 4 members (excludes halogenated alkanes) is 1. The first kappa shape index (κ1) is 15.4. The van der Waals surface area contributed by atoms with Crippen molar-refractivity contribution in [2.75, 3.05) is 7.11 Å². The number of hydrogen-bond acceptors (Lipinski definition) is 4. The van der Waals surface area contributed by atoms with Crippen LogP contribution in [0.2, 0.25) is 0 Å². The van der Waals surface area contributed by atoms with Crippen LogP contribution >= 0.6 is 0 Å². The molecule has 1 fully saturated rings. The van der Waals surface area contributed by atoms with Crippen LogP contribution < -0.4 is 0 Å². The Bertz CT molecular complexity index is 244. The molecule has 18 heavy (non-hydrogen) atoms. The fourth-order valence-corrected chi connectivity index (χ4v) is 2.45. The highest BCUT2D eigenvalue weighted by Crippen LogP contribution is 2.24. The van der Waals surface area contributed by atoms with Gasteiger partial charge in [0, 0.05) is 0 Å². The third kappa shape index (κ3) is 4.94. The van der Waals surface area contributed by atoms with Crippen LogP contribution in [0.5, 0.6) is 0 Å². The Kier molecular flexibility index (Phi) is 6.65. The Hall–Kier alpha value is -0.610. The molecule has 3 unspecified atom stereocenters. The van der Waals surface area contributed by atoms with E-state index in [9.17, 15) is 4.79 Å². The fraction of sp³-hybridized carbons (Fsp3) is 0.929. The van der Waals surface area contributed by atoms with E-state index in [1.807, 2.05) is 13.8 Å². The number of methoxy groups -OCH3 is 1. The van der Waals surface area contributed by atoms with Crippen LogP contribution in [0.1, 0.15) is 52.9 Å². The topological polar surface area (TPSA) is 44.8 Å². The van der Waals surface area contributed by atoms with Gasteiger partial charge in [0.2, 0.25) is 0 Å². The first-order chi connectivity index (χ1) is 8.56. The van der Waals surface area contributed by atoms with Gasteiger partial charge in [-0.15, -0.1) is 0 Å². The van der Waals surface area contributed by atoms with Crippen molar-refractivity contribution in [3.05, 3.63) is 0 Å². The first-order valence-electron chi connectivity index (χ1n) is 6.95. The van der Waals surface area contributed by atoms with Crippen LogP contribution in [0.4, 0.5) is 0 Å². The van der Waals surface area contributed by atoms with Gasteiger partial charge in [-0.2, -0.15) is 0 Å². The molecule has 1 aliphatic rings. The lowest BCUT2D eigenvalue weighted by molar-refractivity contribution is -0.168. The number of hydrogen-bond donors (Lipinski definition) is 0. The third-order valence-electron chi connectivity index (χ3n) is 3.29. The molecule has 4 heteroatoms. The van der Waals surface area contributed by atoms with Gasteiger partial charge in [0.15, 0.2) is 6.10 Å². The summed E-state index contributed by atoms with van der Waals surface area (Å²) in [6.07, 6.45) is 4.55. The molecule has 0 bridgehead atoms. The van der Waals surface area contributed by atoms with Crippen LogP contribution in [0.3, 0.4) is 0 Å². The van der Waals surface area contributed by atoms with Crippen LogP contribution in [0.15, 0.2) is 0 Å². The summed E-state index contributed by atoms with van der Waals surface area (Å²) in [5.41, 5.74) is 0. The van der Waals surface area contributed by atoms with Gasteiger partial charge in [0.05, 0.1) is 25.4 Å². The van der Waals surface area contributed by atoms with E-state index < -0.39 is 6.10 Å². The molecule has 0 aromatic heterocycles. The van der Waals surface area contributed by atoms with E-state index in [-0.39, 0.29) is 24.3 Å². The molecule has 3 atom stereocenters. The molecular weight excluding hydrogens is 232 g/mol. The fourth-order valence-electron chi connectivity index (χ4n) is 2.45. The Morgan fingerprint density at radius 3 is 2.44 bits per heavy atom. The van der Waals surface area contributed by atoms with Gasteiger partial charge >= 0.3 is 5.97 Å². The summed E-state index contributed by atoms with van der Waals surface area (Å²) in [7, 11) is 1.42. The molecule has 0 aliphatic carbocycles. The molecule has 0 aromatic carbocycles.